The number of benzene rings is 1. The highest BCUT2D eigenvalue weighted by atomic mass is 79.9. The molecule has 0 radical (unpaired) electrons. The van der Waals surface area contributed by atoms with Crippen molar-refractivity contribution in [1.82, 2.24) is 4.72 Å². The summed E-state index contributed by atoms with van der Waals surface area (Å²) in [5.41, 5.74) is -0.159. The quantitative estimate of drug-likeness (QED) is 0.769. The molecule has 18 heavy (non-hydrogen) atoms. The summed E-state index contributed by atoms with van der Waals surface area (Å²) in [6.07, 6.45) is 0. The molecule has 0 amide bonds. The third-order valence-corrected chi connectivity index (χ3v) is 6.67. The van der Waals surface area contributed by atoms with Gasteiger partial charge in [0.15, 0.2) is 0 Å². The molecule has 0 unspecified atom stereocenters. The van der Waals surface area contributed by atoms with Gasteiger partial charge in [-0.1, -0.05) is 37.9 Å². The fourth-order valence-electron chi connectivity index (χ4n) is 1.33. The number of halogens is 3. The van der Waals surface area contributed by atoms with Gasteiger partial charge in [0.2, 0.25) is 10.0 Å². The van der Waals surface area contributed by atoms with Gasteiger partial charge >= 0.3 is 0 Å². The minimum atomic E-state index is -3.75. The van der Waals surface area contributed by atoms with Crippen molar-refractivity contribution in [2.24, 2.45) is 0 Å². The number of aryl methyl sites for hydroxylation is 1. The minimum Gasteiger partial charge on any atom is -0.207 e. The predicted octanol–water partition coefficient (Wildman–Crippen LogP) is 2.96. The molecule has 1 N–H and O–H groups in total. The molecule has 0 aliphatic rings. The van der Waals surface area contributed by atoms with Crippen LogP contribution in [-0.2, 0) is 10.0 Å². The monoisotopic (exact) mass is 401 g/mol. The predicted molar refractivity (Wildman–Crippen MR) is 77.5 cm³/mol. The molecule has 102 valence electrons. The summed E-state index contributed by atoms with van der Waals surface area (Å²) in [6.45, 7) is 3.39. The molecule has 0 saturated heterocycles. The van der Waals surface area contributed by atoms with E-state index in [1.54, 1.807) is 13.8 Å². The van der Waals surface area contributed by atoms with Crippen molar-refractivity contribution in [3.05, 3.63) is 29.6 Å². The molecule has 0 aromatic heterocycles. The molecule has 0 saturated carbocycles. The van der Waals surface area contributed by atoms with E-state index in [4.69, 9.17) is 0 Å². The average Bonchev–Trinajstić information content (AvgIpc) is 2.31. The van der Waals surface area contributed by atoms with Crippen LogP contribution in [0.5, 0.6) is 0 Å². The lowest BCUT2D eigenvalue weighted by atomic mass is 10.1. The van der Waals surface area contributed by atoms with Gasteiger partial charge in [-0.25, -0.2) is 17.5 Å². The van der Waals surface area contributed by atoms with Crippen molar-refractivity contribution in [2.45, 2.75) is 24.3 Å². The summed E-state index contributed by atoms with van der Waals surface area (Å²) >= 11 is 6.52. The summed E-state index contributed by atoms with van der Waals surface area (Å²) < 4.78 is 40.2. The molecule has 0 fully saturated rings. The van der Waals surface area contributed by atoms with E-state index in [0.29, 0.717) is 16.2 Å². The lowest BCUT2D eigenvalue weighted by molar-refractivity contribution is 0.507. The zero-order valence-electron chi connectivity index (χ0n) is 10.0. The number of rotatable bonds is 5. The molecule has 1 aromatic rings. The number of hydrogen-bond acceptors (Lipinski definition) is 2. The number of sulfonamides is 1. The van der Waals surface area contributed by atoms with Crippen LogP contribution in [0.15, 0.2) is 23.1 Å². The average molecular weight is 403 g/mol. The first-order valence-electron chi connectivity index (χ1n) is 5.16. The topological polar surface area (TPSA) is 46.2 Å². The second kappa shape index (κ2) is 5.98. The Morgan fingerprint density at radius 3 is 2.39 bits per heavy atom. The van der Waals surface area contributed by atoms with Crippen molar-refractivity contribution in [3.8, 4) is 0 Å². The summed E-state index contributed by atoms with van der Waals surface area (Å²) in [7, 11) is -3.75. The maximum Gasteiger partial charge on any atom is 0.241 e. The molecule has 1 aromatic carbocycles. The zero-order chi connectivity index (χ0) is 14.0. The molecule has 7 heteroatoms. The Kier molecular flexibility index (Phi) is 5.34. The molecular formula is C11H14Br2FNO2S. The first-order valence-corrected chi connectivity index (χ1v) is 8.89. The van der Waals surface area contributed by atoms with Gasteiger partial charge in [-0.2, -0.15) is 0 Å². The van der Waals surface area contributed by atoms with Gasteiger partial charge in [0.1, 0.15) is 5.82 Å². The third kappa shape index (κ3) is 3.76. The Hall–Kier alpha value is 0.0200. The highest BCUT2D eigenvalue weighted by Gasteiger charge is 2.29. The Balaban J connectivity index is 3.18. The normalized spacial score (nSPS) is 12.7. The second-order valence-corrected chi connectivity index (χ2v) is 7.12. The maximum atomic E-state index is 13.2. The van der Waals surface area contributed by atoms with Crippen LogP contribution in [0.25, 0.3) is 0 Å². The van der Waals surface area contributed by atoms with Crippen LogP contribution in [0.2, 0.25) is 0 Å². The highest BCUT2D eigenvalue weighted by molar-refractivity contribution is 9.09. The van der Waals surface area contributed by atoms with E-state index < -0.39 is 21.4 Å². The Bertz CT molecular complexity index is 530. The van der Waals surface area contributed by atoms with E-state index in [0.717, 1.165) is 6.07 Å². The molecule has 3 nitrogen and oxygen atoms in total. The summed E-state index contributed by atoms with van der Waals surface area (Å²) in [5, 5.41) is 0.887. The maximum absolute atomic E-state index is 13.2. The van der Waals surface area contributed by atoms with Crippen LogP contribution < -0.4 is 4.72 Å². The Morgan fingerprint density at radius 2 is 1.89 bits per heavy atom. The number of nitrogens with one attached hydrogen (secondary N) is 1. The van der Waals surface area contributed by atoms with Gasteiger partial charge < -0.3 is 0 Å². The highest BCUT2D eigenvalue weighted by Crippen LogP contribution is 2.20. The van der Waals surface area contributed by atoms with E-state index in [1.807, 2.05) is 0 Å². The van der Waals surface area contributed by atoms with Gasteiger partial charge in [0.05, 0.1) is 4.90 Å². The van der Waals surface area contributed by atoms with Gasteiger partial charge in [-0.05, 0) is 31.5 Å². The first kappa shape index (κ1) is 16.1. The molecule has 0 aliphatic heterocycles. The number of hydrogen-bond donors (Lipinski definition) is 1. The molecule has 0 spiro atoms. The molecule has 0 atom stereocenters. The molecule has 0 bridgehead atoms. The molecule has 0 aliphatic carbocycles. The summed E-state index contributed by atoms with van der Waals surface area (Å²) in [4.78, 5) is -0.0318. The largest absolute Gasteiger partial charge is 0.241 e. The van der Waals surface area contributed by atoms with Crippen LogP contribution in [-0.4, -0.2) is 24.6 Å². The molecular weight excluding hydrogens is 389 g/mol. The third-order valence-electron chi connectivity index (χ3n) is 2.41. The van der Waals surface area contributed by atoms with Gasteiger partial charge in [-0.3, -0.25) is 0 Å². The van der Waals surface area contributed by atoms with Gasteiger partial charge in [0.25, 0.3) is 0 Å². The van der Waals surface area contributed by atoms with Crippen molar-refractivity contribution in [3.63, 3.8) is 0 Å². The number of alkyl halides is 2. The minimum absolute atomic E-state index is 0.0318. The fourth-order valence-corrected chi connectivity index (χ4v) is 4.58. The van der Waals surface area contributed by atoms with Crippen molar-refractivity contribution < 1.29 is 12.8 Å². The van der Waals surface area contributed by atoms with Gasteiger partial charge in [0, 0.05) is 16.2 Å². The SMILES string of the molecule is Cc1ccc(F)cc1S(=O)(=O)NC(C)(CBr)CBr. The van der Waals surface area contributed by atoms with E-state index in [9.17, 15) is 12.8 Å². The summed E-state index contributed by atoms with van der Waals surface area (Å²) in [6, 6.07) is 3.71. The first-order chi connectivity index (χ1) is 8.24. The van der Waals surface area contributed by atoms with Gasteiger partial charge in [-0.15, -0.1) is 0 Å². The fraction of sp³-hybridized carbons (Fsp3) is 0.455. The van der Waals surface area contributed by atoms with Crippen molar-refractivity contribution >= 4 is 41.9 Å². The smallest absolute Gasteiger partial charge is 0.207 e. The molecule has 0 heterocycles. The van der Waals surface area contributed by atoms with Crippen molar-refractivity contribution in [1.29, 1.82) is 0 Å². The second-order valence-electron chi connectivity index (χ2n) is 4.34. The lowest BCUT2D eigenvalue weighted by Crippen LogP contribution is -2.48. The van der Waals surface area contributed by atoms with E-state index in [2.05, 4.69) is 36.6 Å². The van der Waals surface area contributed by atoms with Crippen LogP contribution in [0.1, 0.15) is 12.5 Å². The Morgan fingerprint density at radius 1 is 1.33 bits per heavy atom. The van der Waals surface area contributed by atoms with E-state index >= 15 is 0 Å². The van der Waals surface area contributed by atoms with Crippen LogP contribution in [0.4, 0.5) is 4.39 Å². The van der Waals surface area contributed by atoms with E-state index in [1.165, 1.54) is 12.1 Å². The standard InChI is InChI=1S/C11H14Br2FNO2S/c1-8-3-4-9(14)5-10(8)18(16,17)15-11(2,6-12)7-13/h3-5,15H,6-7H2,1-2H3. The van der Waals surface area contributed by atoms with Crippen LogP contribution in [0, 0.1) is 12.7 Å². The Labute approximate surface area is 123 Å². The summed E-state index contributed by atoms with van der Waals surface area (Å²) in [5.74, 6) is -0.569. The lowest BCUT2D eigenvalue weighted by Gasteiger charge is -2.26. The van der Waals surface area contributed by atoms with Crippen LogP contribution >= 0.6 is 31.9 Å². The zero-order valence-corrected chi connectivity index (χ0v) is 14.0. The van der Waals surface area contributed by atoms with E-state index in [-0.39, 0.29) is 4.90 Å². The molecule has 1 rings (SSSR count). The van der Waals surface area contributed by atoms with Crippen molar-refractivity contribution in [2.75, 3.05) is 10.7 Å². The van der Waals surface area contributed by atoms with Crippen LogP contribution in [0.3, 0.4) is 0 Å².